The summed E-state index contributed by atoms with van der Waals surface area (Å²) in [5, 5.41) is 0. The first-order valence-electron chi connectivity index (χ1n) is 6.01. The molecular formula is C14H20N2O2. The fourth-order valence-electron chi connectivity index (χ4n) is 2.76. The Morgan fingerprint density at radius 2 is 2.06 bits per heavy atom. The van der Waals surface area contributed by atoms with E-state index in [1.54, 1.807) is 12.0 Å². The molecule has 0 aliphatic carbocycles. The van der Waals surface area contributed by atoms with Gasteiger partial charge < -0.3 is 14.5 Å². The first-order chi connectivity index (χ1) is 8.40. The number of likely N-dealkylation sites (N-methyl/N-ethyl adjacent to an activating group) is 2. The molecule has 0 saturated carbocycles. The first kappa shape index (κ1) is 12.9. The Bertz CT molecular complexity index is 485. The molecule has 0 radical (unpaired) electrons. The molecule has 0 bridgehead atoms. The van der Waals surface area contributed by atoms with Gasteiger partial charge in [-0.2, -0.15) is 0 Å². The van der Waals surface area contributed by atoms with Crippen molar-refractivity contribution >= 4 is 11.6 Å². The predicted molar refractivity (Wildman–Crippen MR) is 72.3 cm³/mol. The maximum Gasteiger partial charge on any atom is 0.238 e. The first-order valence-corrected chi connectivity index (χ1v) is 6.01. The van der Waals surface area contributed by atoms with Gasteiger partial charge in [0, 0.05) is 19.3 Å². The lowest BCUT2D eigenvalue weighted by Crippen LogP contribution is -2.43. The average Bonchev–Trinajstić information content (AvgIpc) is 2.51. The van der Waals surface area contributed by atoms with E-state index >= 15 is 0 Å². The van der Waals surface area contributed by atoms with Crippen molar-refractivity contribution in [1.29, 1.82) is 0 Å². The summed E-state index contributed by atoms with van der Waals surface area (Å²) in [6.45, 7) is 2.69. The topological polar surface area (TPSA) is 32.8 Å². The van der Waals surface area contributed by atoms with Gasteiger partial charge in [0.05, 0.1) is 12.5 Å². The molecule has 0 N–H and O–H groups in total. The van der Waals surface area contributed by atoms with Gasteiger partial charge in [-0.05, 0) is 44.8 Å². The monoisotopic (exact) mass is 248 g/mol. The number of amides is 1. The lowest BCUT2D eigenvalue weighted by atomic mass is 9.83. The molecule has 0 fully saturated rings. The van der Waals surface area contributed by atoms with E-state index in [2.05, 4.69) is 0 Å². The highest BCUT2D eigenvalue weighted by molar-refractivity contribution is 6.07. The van der Waals surface area contributed by atoms with Crippen LogP contribution >= 0.6 is 0 Å². The fraction of sp³-hybridized carbons (Fsp3) is 0.500. The molecule has 1 aromatic carbocycles. The zero-order chi connectivity index (χ0) is 13.5. The summed E-state index contributed by atoms with van der Waals surface area (Å²) in [7, 11) is 7.44. The maximum absolute atomic E-state index is 12.5. The van der Waals surface area contributed by atoms with Crippen LogP contribution in [0, 0.1) is 0 Å². The van der Waals surface area contributed by atoms with E-state index in [1.807, 2.05) is 51.2 Å². The Hall–Kier alpha value is -1.55. The number of benzene rings is 1. The van der Waals surface area contributed by atoms with Crippen LogP contribution in [0.25, 0.3) is 0 Å². The summed E-state index contributed by atoms with van der Waals surface area (Å²) >= 11 is 0. The second-order valence-electron chi connectivity index (χ2n) is 5.32. The zero-order valence-corrected chi connectivity index (χ0v) is 11.7. The van der Waals surface area contributed by atoms with Crippen LogP contribution < -0.4 is 9.64 Å². The van der Waals surface area contributed by atoms with Crippen LogP contribution in [0.15, 0.2) is 18.2 Å². The van der Waals surface area contributed by atoms with Crippen LogP contribution in [-0.2, 0) is 10.2 Å². The highest BCUT2D eigenvalue weighted by atomic mass is 16.5. The minimum absolute atomic E-state index is 0.138. The van der Waals surface area contributed by atoms with Gasteiger partial charge in [0.25, 0.3) is 0 Å². The molecule has 0 saturated heterocycles. The third-order valence-corrected chi connectivity index (χ3v) is 3.57. The molecule has 2 rings (SSSR count). The van der Waals surface area contributed by atoms with Crippen molar-refractivity contribution in [3.05, 3.63) is 23.8 Å². The highest BCUT2D eigenvalue weighted by Gasteiger charge is 2.46. The van der Waals surface area contributed by atoms with Crippen LogP contribution in [0.4, 0.5) is 5.69 Å². The molecule has 0 aromatic heterocycles. The standard InChI is InChI=1S/C14H20N2O2/c1-14(9-15(2)3)11-8-10(18-5)6-7-12(11)16(4)13(14)17/h6-8H,9H2,1-5H3. The summed E-state index contributed by atoms with van der Waals surface area (Å²) in [5.41, 5.74) is 1.52. The van der Waals surface area contributed by atoms with E-state index in [0.717, 1.165) is 17.0 Å². The van der Waals surface area contributed by atoms with Gasteiger partial charge in [0.2, 0.25) is 5.91 Å². The van der Waals surface area contributed by atoms with E-state index < -0.39 is 5.41 Å². The third kappa shape index (κ3) is 1.77. The zero-order valence-electron chi connectivity index (χ0n) is 11.7. The van der Waals surface area contributed by atoms with Gasteiger partial charge >= 0.3 is 0 Å². The molecule has 1 amide bonds. The number of ether oxygens (including phenoxy) is 1. The number of carbonyl (C=O) groups excluding carboxylic acids is 1. The molecule has 1 aliphatic rings. The number of fused-ring (bicyclic) bond motifs is 1. The Labute approximate surface area is 108 Å². The van der Waals surface area contributed by atoms with Crippen molar-refractivity contribution in [3.63, 3.8) is 0 Å². The van der Waals surface area contributed by atoms with E-state index in [0.29, 0.717) is 6.54 Å². The third-order valence-electron chi connectivity index (χ3n) is 3.57. The van der Waals surface area contributed by atoms with Gasteiger partial charge in [0.15, 0.2) is 0 Å². The molecule has 1 atom stereocenters. The predicted octanol–water partition coefficient (Wildman–Crippen LogP) is 1.49. The fourth-order valence-corrected chi connectivity index (χ4v) is 2.76. The minimum atomic E-state index is -0.498. The SMILES string of the molecule is COc1ccc2c(c1)C(C)(CN(C)C)C(=O)N2C. The van der Waals surface area contributed by atoms with Gasteiger partial charge in [0.1, 0.15) is 5.75 Å². The summed E-state index contributed by atoms with van der Waals surface area (Å²) in [6, 6.07) is 5.82. The minimum Gasteiger partial charge on any atom is -0.497 e. The van der Waals surface area contributed by atoms with E-state index in [-0.39, 0.29) is 5.91 Å². The summed E-state index contributed by atoms with van der Waals surface area (Å²) < 4.78 is 5.26. The Morgan fingerprint density at radius 3 is 2.61 bits per heavy atom. The maximum atomic E-state index is 12.5. The van der Waals surface area contributed by atoms with E-state index in [1.165, 1.54) is 0 Å². The number of carbonyl (C=O) groups is 1. The lowest BCUT2D eigenvalue weighted by molar-refractivity contribution is -0.122. The molecule has 1 heterocycles. The molecular weight excluding hydrogens is 228 g/mol. The number of hydrogen-bond acceptors (Lipinski definition) is 3. The molecule has 1 aliphatic heterocycles. The second-order valence-corrected chi connectivity index (χ2v) is 5.32. The normalized spacial score (nSPS) is 22.6. The number of rotatable bonds is 3. The van der Waals surface area contributed by atoms with Crippen LogP contribution in [0.5, 0.6) is 5.75 Å². The summed E-state index contributed by atoms with van der Waals surface area (Å²) in [5.74, 6) is 0.932. The number of methoxy groups -OCH3 is 1. The lowest BCUT2D eigenvalue weighted by Gasteiger charge is -2.27. The molecule has 4 nitrogen and oxygen atoms in total. The van der Waals surface area contributed by atoms with Crippen LogP contribution in [-0.4, -0.2) is 45.6 Å². The highest BCUT2D eigenvalue weighted by Crippen LogP contribution is 2.42. The van der Waals surface area contributed by atoms with Crippen molar-refractivity contribution < 1.29 is 9.53 Å². The van der Waals surface area contributed by atoms with Crippen LogP contribution in [0.1, 0.15) is 12.5 Å². The Balaban J connectivity index is 2.55. The molecule has 1 unspecified atom stereocenters. The number of hydrogen-bond donors (Lipinski definition) is 0. The van der Waals surface area contributed by atoms with Gasteiger partial charge in [-0.25, -0.2) is 0 Å². The van der Waals surface area contributed by atoms with Gasteiger partial charge in [-0.1, -0.05) is 0 Å². The Morgan fingerprint density at radius 1 is 1.39 bits per heavy atom. The van der Waals surface area contributed by atoms with Gasteiger partial charge in [-0.15, -0.1) is 0 Å². The molecule has 98 valence electrons. The van der Waals surface area contributed by atoms with Crippen molar-refractivity contribution in [1.82, 2.24) is 4.90 Å². The molecule has 18 heavy (non-hydrogen) atoms. The largest absolute Gasteiger partial charge is 0.497 e. The summed E-state index contributed by atoms with van der Waals surface area (Å²) in [6.07, 6.45) is 0. The quantitative estimate of drug-likeness (QED) is 0.812. The average molecular weight is 248 g/mol. The van der Waals surface area contributed by atoms with Crippen molar-refractivity contribution in [3.8, 4) is 5.75 Å². The summed E-state index contributed by atoms with van der Waals surface area (Å²) in [4.78, 5) is 16.3. The smallest absolute Gasteiger partial charge is 0.238 e. The molecule has 0 spiro atoms. The molecule has 1 aromatic rings. The van der Waals surface area contributed by atoms with Gasteiger partial charge in [-0.3, -0.25) is 4.79 Å². The Kier molecular flexibility index (Phi) is 3.07. The second kappa shape index (κ2) is 4.28. The van der Waals surface area contributed by atoms with Crippen LogP contribution in [0.3, 0.4) is 0 Å². The van der Waals surface area contributed by atoms with E-state index in [9.17, 15) is 4.79 Å². The van der Waals surface area contributed by atoms with Crippen LogP contribution in [0.2, 0.25) is 0 Å². The van der Waals surface area contributed by atoms with Crippen molar-refractivity contribution in [2.24, 2.45) is 0 Å². The molecule has 4 heteroatoms. The van der Waals surface area contributed by atoms with Crippen molar-refractivity contribution in [2.45, 2.75) is 12.3 Å². The number of nitrogens with zero attached hydrogens (tertiary/aromatic N) is 2. The number of anilines is 1. The van der Waals surface area contributed by atoms with Crippen molar-refractivity contribution in [2.75, 3.05) is 39.7 Å². The van der Waals surface area contributed by atoms with E-state index in [4.69, 9.17) is 4.74 Å².